The first-order valence-electron chi connectivity index (χ1n) is 7.41. The zero-order valence-electron chi connectivity index (χ0n) is 12.5. The highest BCUT2D eigenvalue weighted by molar-refractivity contribution is 5.44. The van der Waals surface area contributed by atoms with Crippen LogP contribution in [0, 0.1) is 0 Å². The van der Waals surface area contributed by atoms with Gasteiger partial charge < -0.3 is 19.5 Å². The van der Waals surface area contributed by atoms with Crippen LogP contribution in [0.25, 0.3) is 0 Å². The van der Waals surface area contributed by atoms with Crippen molar-refractivity contribution in [3.05, 3.63) is 29.3 Å². The molecule has 1 aromatic carbocycles. The molecule has 0 bridgehead atoms. The molecule has 1 N–H and O–H groups in total. The molecule has 4 nitrogen and oxygen atoms in total. The second-order valence-electron chi connectivity index (χ2n) is 4.97. The number of nitrogens with one attached hydrogen (secondary N) is 1. The molecule has 0 aliphatic carbocycles. The first-order valence-corrected chi connectivity index (χ1v) is 7.41. The molecule has 1 aromatic rings. The molecule has 0 saturated carbocycles. The highest BCUT2D eigenvalue weighted by Gasteiger charge is 2.20. The Morgan fingerprint density at radius 3 is 3.05 bits per heavy atom. The molecule has 20 heavy (non-hydrogen) atoms. The lowest BCUT2D eigenvalue weighted by molar-refractivity contribution is 0.0582. The van der Waals surface area contributed by atoms with Gasteiger partial charge in [-0.25, -0.2) is 0 Å². The van der Waals surface area contributed by atoms with Crippen molar-refractivity contribution < 1.29 is 14.2 Å². The van der Waals surface area contributed by atoms with E-state index in [1.165, 1.54) is 11.1 Å². The summed E-state index contributed by atoms with van der Waals surface area (Å²) in [6.07, 6.45) is 2.21. The SMILES string of the molecule is CCNC(COCCOC)c1cccc2c1OCCC2. The number of hydrogen-bond donors (Lipinski definition) is 1. The standard InChI is InChI=1S/C16H25NO3/c1-3-17-15(12-19-11-10-18-2)14-8-4-6-13-7-5-9-20-16(13)14/h4,6,8,15,17H,3,5,7,9-12H2,1-2H3. The number of methoxy groups -OCH3 is 1. The number of fused-ring (bicyclic) bond motifs is 1. The van der Waals surface area contributed by atoms with Gasteiger partial charge in [0.2, 0.25) is 0 Å². The fourth-order valence-corrected chi connectivity index (χ4v) is 2.54. The van der Waals surface area contributed by atoms with Gasteiger partial charge >= 0.3 is 0 Å². The van der Waals surface area contributed by atoms with E-state index in [4.69, 9.17) is 14.2 Å². The van der Waals surface area contributed by atoms with E-state index in [0.717, 1.165) is 31.7 Å². The van der Waals surface area contributed by atoms with Crippen LogP contribution in [-0.2, 0) is 15.9 Å². The first kappa shape index (κ1) is 15.3. The third-order valence-corrected chi connectivity index (χ3v) is 3.51. The molecule has 0 aromatic heterocycles. The van der Waals surface area contributed by atoms with Gasteiger partial charge in [-0.1, -0.05) is 25.1 Å². The third kappa shape index (κ3) is 3.95. The largest absolute Gasteiger partial charge is 0.493 e. The summed E-state index contributed by atoms with van der Waals surface area (Å²) in [6.45, 7) is 5.71. The lowest BCUT2D eigenvalue weighted by atomic mass is 9.98. The molecule has 1 aliphatic rings. The summed E-state index contributed by atoms with van der Waals surface area (Å²) < 4.78 is 16.6. The van der Waals surface area contributed by atoms with Crippen LogP contribution in [0.2, 0.25) is 0 Å². The summed E-state index contributed by atoms with van der Waals surface area (Å²) in [6, 6.07) is 6.58. The molecule has 0 radical (unpaired) electrons. The number of hydrogen-bond acceptors (Lipinski definition) is 4. The zero-order valence-corrected chi connectivity index (χ0v) is 12.5. The summed E-state index contributed by atoms with van der Waals surface area (Å²) in [7, 11) is 1.69. The number of benzene rings is 1. The second kappa shape index (κ2) is 8.25. The van der Waals surface area contributed by atoms with Gasteiger partial charge in [0.05, 0.1) is 32.5 Å². The van der Waals surface area contributed by atoms with E-state index in [2.05, 4.69) is 30.4 Å². The van der Waals surface area contributed by atoms with E-state index >= 15 is 0 Å². The van der Waals surface area contributed by atoms with Gasteiger partial charge in [0.1, 0.15) is 5.75 Å². The fourth-order valence-electron chi connectivity index (χ4n) is 2.54. The normalized spacial score (nSPS) is 15.5. The van der Waals surface area contributed by atoms with Gasteiger partial charge in [-0.2, -0.15) is 0 Å². The van der Waals surface area contributed by atoms with E-state index < -0.39 is 0 Å². The molecule has 0 spiro atoms. The van der Waals surface area contributed by atoms with E-state index in [1.807, 2.05) is 0 Å². The molecule has 2 rings (SSSR count). The van der Waals surface area contributed by atoms with Crippen LogP contribution in [-0.4, -0.2) is 40.1 Å². The molecule has 1 unspecified atom stereocenters. The van der Waals surface area contributed by atoms with E-state index in [1.54, 1.807) is 7.11 Å². The van der Waals surface area contributed by atoms with Crippen LogP contribution in [0.3, 0.4) is 0 Å². The minimum Gasteiger partial charge on any atom is -0.493 e. The average Bonchev–Trinajstić information content (AvgIpc) is 2.50. The lowest BCUT2D eigenvalue weighted by Crippen LogP contribution is -2.27. The van der Waals surface area contributed by atoms with Crippen molar-refractivity contribution in [1.82, 2.24) is 5.32 Å². The Balaban J connectivity index is 2.08. The number of rotatable bonds is 8. The minimum atomic E-state index is 0.171. The fraction of sp³-hybridized carbons (Fsp3) is 0.625. The molecular formula is C16H25NO3. The Hall–Kier alpha value is -1.10. The van der Waals surface area contributed by atoms with Gasteiger partial charge in [0.15, 0.2) is 0 Å². The van der Waals surface area contributed by atoms with Crippen molar-refractivity contribution in [2.75, 3.05) is 40.1 Å². The Kier molecular flexibility index (Phi) is 6.30. The maximum absolute atomic E-state index is 5.89. The molecule has 0 amide bonds. The molecular weight excluding hydrogens is 254 g/mol. The first-order chi connectivity index (χ1) is 9.86. The molecule has 4 heteroatoms. The summed E-state index contributed by atoms with van der Waals surface area (Å²) in [5.74, 6) is 1.06. The third-order valence-electron chi connectivity index (χ3n) is 3.51. The van der Waals surface area contributed by atoms with Crippen molar-refractivity contribution in [3.63, 3.8) is 0 Å². The predicted molar refractivity (Wildman–Crippen MR) is 79.4 cm³/mol. The number of aryl methyl sites for hydroxylation is 1. The number of para-hydroxylation sites is 1. The summed E-state index contributed by atoms with van der Waals surface area (Å²) >= 11 is 0. The monoisotopic (exact) mass is 279 g/mol. The van der Waals surface area contributed by atoms with Crippen LogP contribution in [0.5, 0.6) is 5.75 Å². The van der Waals surface area contributed by atoms with Crippen LogP contribution in [0.15, 0.2) is 18.2 Å². The quantitative estimate of drug-likeness (QED) is 0.741. The highest BCUT2D eigenvalue weighted by Crippen LogP contribution is 2.33. The Bertz CT molecular complexity index is 409. The zero-order chi connectivity index (χ0) is 14.2. The topological polar surface area (TPSA) is 39.7 Å². The molecule has 1 heterocycles. The Labute approximate surface area is 121 Å². The molecule has 1 atom stereocenters. The minimum absolute atomic E-state index is 0.171. The molecule has 112 valence electrons. The van der Waals surface area contributed by atoms with Crippen molar-refractivity contribution in [3.8, 4) is 5.75 Å². The van der Waals surface area contributed by atoms with E-state index in [-0.39, 0.29) is 6.04 Å². The summed E-state index contributed by atoms with van der Waals surface area (Å²) in [5.41, 5.74) is 2.52. The summed E-state index contributed by atoms with van der Waals surface area (Å²) in [5, 5.41) is 3.48. The number of ether oxygens (including phenoxy) is 3. The lowest BCUT2D eigenvalue weighted by Gasteiger charge is -2.25. The second-order valence-corrected chi connectivity index (χ2v) is 4.97. The highest BCUT2D eigenvalue weighted by atomic mass is 16.5. The van der Waals surface area contributed by atoms with Crippen molar-refractivity contribution in [2.45, 2.75) is 25.8 Å². The van der Waals surface area contributed by atoms with Gasteiger partial charge in [0, 0.05) is 12.7 Å². The van der Waals surface area contributed by atoms with Crippen molar-refractivity contribution in [2.24, 2.45) is 0 Å². The molecule has 0 fully saturated rings. The van der Waals surface area contributed by atoms with E-state index in [0.29, 0.717) is 19.8 Å². The van der Waals surface area contributed by atoms with Gasteiger partial charge in [-0.05, 0) is 24.9 Å². The van der Waals surface area contributed by atoms with Crippen molar-refractivity contribution >= 4 is 0 Å². The van der Waals surface area contributed by atoms with Crippen LogP contribution in [0.4, 0.5) is 0 Å². The smallest absolute Gasteiger partial charge is 0.127 e. The van der Waals surface area contributed by atoms with Crippen LogP contribution >= 0.6 is 0 Å². The predicted octanol–water partition coefficient (Wildman–Crippen LogP) is 2.33. The van der Waals surface area contributed by atoms with Gasteiger partial charge in [-0.3, -0.25) is 0 Å². The number of likely N-dealkylation sites (N-methyl/N-ethyl adjacent to an activating group) is 1. The maximum Gasteiger partial charge on any atom is 0.127 e. The average molecular weight is 279 g/mol. The molecule has 1 aliphatic heterocycles. The van der Waals surface area contributed by atoms with Gasteiger partial charge in [0.25, 0.3) is 0 Å². The summed E-state index contributed by atoms with van der Waals surface area (Å²) in [4.78, 5) is 0. The van der Waals surface area contributed by atoms with Crippen molar-refractivity contribution in [1.29, 1.82) is 0 Å². The maximum atomic E-state index is 5.89. The van der Waals surface area contributed by atoms with E-state index in [9.17, 15) is 0 Å². The van der Waals surface area contributed by atoms with Crippen LogP contribution < -0.4 is 10.1 Å². The van der Waals surface area contributed by atoms with Crippen LogP contribution in [0.1, 0.15) is 30.5 Å². The van der Waals surface area contributed by atoms with Gasteiger partial charge in [-0.15, -0.1) is 0 Å². The Morgan fingerprint density at radius 2 is 2.25 bits per heavy atom. The Morgan fingerprint density at radius 1 is 1.35 bits per heavy atom. The molecule has 0 saturated heterocycles.